The van der Waals surface area contributed by atoms with Crippen LogP contribution in [-0.4, -0.2) is 20.5 Å². The number of pyridine rings is 1. The Morgan fingerprint density at radius 1 is 1.25 bits per heavy atom. The molecule has 0 saturated heterocycles. The summed E-state index contributed by atoms with van der Waals surface area (Å²) in [5.41, 5.74) is 6.79. The topological polar surface area (TPSA) is 94.3 Å². The monoisotopic (exact) mass is 293 g/mol. The van der Waals surface area contributed by atoms with Crippen molar-refractivity contribution in [2.45, 2.75) is 11.8 Å². The molecule has 20 heavy (non-hydrogen) atoms. The van der Waals surface area contributed by atoms with Crippen molar-refractivity contribution in [2.24, 2.45) is 0 Å². The Bertz CT molecular complexity index is 729. The fourth-order valence-corrected chi connectivity index (χ4v) is 2.78. The van der Waals surface area contributed by atoms with Crippen LogP contribution in [0.3, 0.4) is 0 Å². The van der Waals surface area contributed by atoms with E-state index in [1.807, 2.05) is 13.0 Å². The van der Waals surface area contributed by atoms with Crippen LogP contribution in [0.15, 0.2) is 41.4 Å². The van der Waals surface area contributed by atoms with Gasteiger partial charge in [-0.25, -0.2) is 13.4 Å². The zero-order valence-electron chi connectivity index (χ0n) is 11.1. The minimum absolute atomic E-state index is 0.0496. The Morgan fingerprint density at radius 3 is 2.65 bits per heavy atom. The van der Waals surface area contributed by atoms with Crippen LogP contribution in [0.2, 0.25) is 0 Å². The second-order valence-corrected chi connectivity index (χ2v) is 5.91. The molecule has 0 bridgehead atoms. The number of rotatable bonds is 4. The lowest BCUT2D eigenvalue weighted by Gasteiger charge is -2.12. The van der Waals surface area contributed by atoms with E-state index >= 15 is 0 Å². The lowest BCUT2D eigenvalue weighted by Crippen LogP contribution is -2.14. The SMILES string of the molecule is COc1ccc(C)cc1NS(=O)(=O)c1ccnc(N)c1. The first-order chi connectivity index (χ1) is 9.42. The third-order valence-electron chi connectivity index (χ3n) is 2.66. The number of nitrogens with one attached hydrogen (secondary N) is 1. The van der Waals surface area contributed by atoms with Crippen molar-refractivity contribution in [1.82, 2.24) is 4.98 Å². The lowest BCUT2D eigenvalue weighted by atomic mass is 10.2. The van der Waals surface area contributed by atoms with Crippen LogP contribution in [0.25, 0.3) is 0 Å². The number of methoxy groups -OCH3 is 1. The van der Waals surface area contributed by atoms with Crippen molar-refractivity contribution in [1.29, 1.82) is 0 Å². The van der Waals surface area contributed by atoms with Crippen molar-refractivity contribution in [2.75, 3.05) is 17.6 Å². The van der Waals surface area contributed by atoms with Crippen LogP contribution in [0, 0.1) is 6.92 Å². The van der Waals surface area contributed by atoms with Gasteiger partial charge in [-0.3, -0.25) is 4.72 Å². The first-order valence-corrected chi connectivity index (χ1v) is 7.29. The number of nitrogens with two attached hydrogens (primary N) is 1. The van der Waals surface area contributed by atoms with E-state index in [4.69, 9.17) is 10.5 Å². The number of nitrogens with zero attached hydrogens (tertiary/aromatic N) is 1. The van der Waals surface area contributed by atoms with E-state index in [0.717, 1.165) is 5.56 Å². The second kappa shape index (κ2) is 5.38. The normalized spacial score (nSPS) is 11.1. The molecule has 106 valence electrons. The third-order valence-corrected chi connectivity index (χ3v) is 4.03. The summed E-state index contributed by atoms with van der Waals surface area (Å²) >= 11 is 0. The molecular weight excluding hydrogens is 278 g/mol. The molecule has 0 aliphatic rings. The number of benzene rings is 1. The van der Waals surface area contributed by atoms with Crippen LogP contribution >= 0.6 is 0 Å². The van der Waals surface area contributed by atoms with Gasteiger partial charge in [0.2, 0.25) is 0 Å². The van der Waals surface area contributed by atoms with Crippen molar-refractivity contribution in [3.63, 3.8) is 0 Å². The largest absolute Gasteiger partial charge is 0.495 e. The molecule has 0 amide bonds. The van der Waals surface area contributed by atoms with E-state index < -0.39 is 10.0 Å². The van der Waals surface area contributed by atoms with Crippen LogP contribution in [-0.2, 0) is 10.0 Å². The highest BCUT2D eigenvalue weighted by molar-refractivity contribution is 7.92. The lowest BCUT2D eigenvalue weighted by molar-refractivity contribution is 0.417. The van der Waals surface area contributed by atoms with Crippen LogP contribution in [0.4, 0.5) is 11.5 Å². The van der Waals surface area contributed by atoms with Crippen molar-refractivity contribution < 1.29 is 13.2 Å². The summed E-state index contributed by atoms with van der Waals surface area (Å²) in [7, 11) is -2.26. The molecule has 1 aromatic heterocycles. The Labute approximate surface area is 117 Å². The van der Waals surface area contributed by atoms with E-state index in [9.17, 15) is 8.42 Å². The summed E-state index contributed by atoms with van der Waals surface area (Å²) in [6.07, 6.45) is 1.34. The minimum Gasteiger partial charge on any atom is -0.495 e. The van der Waals surface area contributed by atoms with E-state index in [-0.39, 0.29) is 10.7 Å². The molecular formula is C13H15N3O3S. The molecule has 0 fully saturated rings. The van der Waals surface area contributed by atoms with Gasteiger partial charge in [-0.1, -0.05) is 6.07 Å². The van der Waals surface area contributed by atoms with Crippen LogP contribution in [0.5, 0.6) is 5.75 Å². The van der Waals surface area contributed by atoms with Gasteiger partial charge in [0.25, 0.3) is 10.0 Å². The molecule has 0 saturated carbocycles. The summed E-state index contributed by atoms with van der Waals surface area (Å²) in [5.74, 6) is 0.588. The first kappa shape index (κ1) is 14.1. The van der Waals surface area contributed by atoms with Crippen LogP contribution in [0.1, 0.15) is 5.56 Å². The number of aryl methyl sites for hydroxylation is 1. The average Bonchev–Trinajstić information content (AvgIpc) is 2.38. The Balaban J connectivity index is 2.40. The molecule has 2 aromatic rings. The number of sulfonamides is 1. The minimum atomic E-state index is -3.74. The van der Waals surface area contributed by atoms with Gasteiger partial charge in [0.15, 0.2) is 0 Å². The highest BCUT2D eigenvalue weighted by Crippen LogP contribution is 2.27. The average molecular weight is 293 g/mol. The molecule has 6 nitrogen and oxygen atoms in total. The van der Waals surface area contributed by atoms with Gasteiger partial charge in [0.1, 0.15) is 11.6 Å². The smallest absolute Gasteiger partial charge is 0.262 e. The maximum absolute atomic E-state index is 12.3. The number of anilines is 2. The summed E-state index contributed by atoms with van der Waals surface area (Å²) in [6.45, 7) is 1.86. The van der Waals surface area contributed by atoms with Gasteiger partial charge in [0.05, 0.1) is 17.7 Å². The van der Waals surface area contributed by atoms with Gasteiger partial charge >= 0.3 is 0 Å². The quantitative estimate of drug-likeness (QED) is 0.896. The van der Waals surface area contributed by atoms with Gasteiger partial charge in [-0.05, 0) is 30.7 Å². The highest BCUT2D eigenvalue weighted by atomic mass is 32.2. The molecule has 0 atom stereocenters. The number of ether oxygens (including phenoxy) is 1. The molecule has 7 heteroatoms. The van der Waals surface area contributed by atoms with Gasteiger partial charge in [-0.15, -0.1) is 0 Å². The van der Waals surface area contributed by atoms with E-state index in [1.54, 1.807) is 12.1 Å². The maximum atomic E-state index is 12.3. The molecule has 3 N–H and O–H groups in total. The summed E-state index contributed by atoms with van der Waals surface area (Å²) in [5, 5.41) is 0. The van der Waals surface area contributed by atoms with E-state index in [0.29, 0.717) is 11.4 Å². The van der Waals surface area contributed by atoms with Crippen molar-refractivity contribution in [3.05, 3.63) is 42.1 Å². The standard InChI is InChI=1S/C13H15N3O3S/c1-9-3-4-12(19-2)11(7-9)16-20(17,18)10-5-6-15-13(14)8-10/h3-8,16H,1-2H3,(H2,14,15). The Morgan fingerprint density at radius 2 is 2.00 bits per heavy atom. The van der Waals surface area contributed by atoms with Crippen molar-refractivity contribution in [3.8, 4) is 5.75 Å². The third kappa shape index (κ3) is 3.00. The fraction of sp³-hybridized carbons (Fsp3) is 0.154. The molecule has 0 aliphatic heterocycles. The molecule has 2 rings (SSSR count). The fourth-order valence-electron chi connectivity index (χ4n) is 1.70. The molecule has 1 heterocycles. The van der Waals surface area contributed by atoms with Crippen LogP contribution < -0.4 is 15.2 Å². The summed E-state index contributed by atoms with van der Waals surface area (Å²) in [4.78, 5) is 3.82. The van der Waals surface area contributed by atoms with E-state index in [1.165, 1.54) is 25.4 Å². The van der Waals surface area contributed by atoms with Crippen molar-refractivity contribution >= 4 is 21.5 Å². The molecule has 0 unspecified atom stereocenters. The van der Waals surface area contributed by atoms with E-state index in [2.05, 4.69) is 9.71 Å². The predicted molar refractivity (Wildman–Crippen MR) is 77.2 cm³/mol. The molecule has 0 spiro atoms. The number of nitrogen functional groups attached to an aromatic ring is 1. The maximum Gasteiger partial charge on any atom is 0.262 e. The zero-order chi connectivity index (χ0) is 14.8. The summed E-state index contributed by atoms with van der Waals surface area (Å²) in [6, 6.07) is 7.90. The van der Waals surface area contributed by atoms with Gasteiger partial charge in [-0.2, -0.15) is 0 Å². The Hall–Kier alpha value is -2.28. The number of hydrogen-bond acceptors (Lipinski definition) is 5. The molecule has 0 radical (unpaired) electrons. The molecule has 0 aliphatic carbocycles. The second-order valence-electron chi connectivity index (χ2n) is 4.23. The zero-order valence-corrected chi connectivity index (χ0v) is 11.9. The van der Waals surface area contributed by atoms with Gasteiger partial charge in [0, 0.05) is 12.3 Å². The Kier molecular flexibility index (Phi) is 3.80. The predicted octanol–water partition coefficient (Wildman–Crippen LogP) is 1.78. The number of aromatic nitrogens is 1. The number of hydrogen-bond donors (Lipinski definition) is 2. The van der Waals surface area contributed by atoms with Gasteiger partial charge < -0.3 is 10.5 Å². The molecule has 1 aromatic carbocycles. The highest BCUT2D eigenvalue weighted by Gasteiger charge is 2.17. The first-order valence-electron chi connectivity index (χ1n) is 5.81. The summed E-state index contributed by atoms with van der Waals surface area (Å²) < 4.78 is 32.2.